The van der Waals surface area contributed by atoms with Crippen molar-refractivity contribution in [2.24, 2.45) is 0 Å². The number of para-hydroxylation sites is 2. The van der Waals surface area contributed by atoms with Crippen LogP contribution in [-0.4, -0.2) is 29.1 Å². The maximum Gasteiger partial charge on any atom is 0.323 e. The lowest BCUT2D eigenvalue weighted by Gasteiger charge is -2.13. The van der Waals surface area contributed by atoms with Gasteiger partial charge < -0.3 is 19.0 Å². The van der Waals surface area contributed by atoms with Gasteiger partial charge in [-0.3, -0.25) is 0 Å². The number of hydrogen-bond acceptors (Lipinski definition) is 7. The third-order valence-corrected chi connectivity index (χ3v) is 5.49. The van der Waals surface area contributed by atoms with Crippen LogP contribution in [0, 0.1) is 0 Å². The molecule has 0 radical (unpaired) electrons. The van der Waals surface area contributed by atoms with Crippen LogP contribution in [0.4, 0.5) is 16.2 Å². The predicted octanol–water partition coefficient (Wildman–Crippen LogP) is 3.58. The molecule has 0 bridgehead atoms. The monoisotopic (exact) mass is 476 g/mol. The predicted molar refractivity (Wildman–Crippen MR) is 121 cm³/mol. The van der Waals surface area contributed by atoms with E-state index in [-0.39, 0.29) is 28.6 Å². The summed E-state index contributed by atoms with van der Waals surface area (Å²) in [6.45, 7) is 0. The minimum absolute atomic E-state index is 0.0287. The molecule has 0 heterocycles. The molecule has 3 aromatic rings. The minimum atomic E-state index is -3.97. The SMILES string of the molecule is CS(=O)(=O)Oc1cccc(NC(=O)Nc2ccccc2OS(=O)(=O)Cc2ccccc2)c1. The van der Waals surface area contributed by atoms with Crippen LogP contribution in [0.5, 0.6) is 11.5 Å². The summed E-state index contributed by atoms with van der Waals surface area (Å²) in [5.74, 6) is -0.351. The van der Waals surface area contributed by atoms with Gasteiger partial charge in [0.1, 0.15) is 11.5 Å². The first kappa shape index (κ1) is 23.1. The molecule has 0 aromatic heterocycles. The number of amides is 2. The topological polar surface area (TPSA) is 128 Å². The van der Waals surface area contributed by atoms with Gasteiger partial charge in [0, 0.05) is 11.8 Å². The van der Waals surface area contributed by atoms with E-state index in [2.05, 4.69) is 10.6 Å². The van der Waals surface area contributed by atoms with Crippen LogP contribution in [0.15, 0.2) is 78.9 Å². The number of urea groups is 1. The van der Waals surface area contributed by atoms with Crippen molar-refractivity contribution in [3.05, 3.63) is 84.4 Å². The third kappa shape index (κ3) is 7.29. The summed E-state index contributed by atoms with van der Waals surface area (Å²) >= 11 is 0. The van der Waals surface area contributed by atoms with Crippen LogP contribution < -0.4 is 19.0 Å². The van der Waals surface area contributed by atoms with Gasteiger partial charge in [0.15, 0.2) is 5.75 Å². The van der Waals surface area contributed by atoms with Gasteiger partial charge in [-0.05, 0) is 29.8 Å². The van der Waals surface area contributed by atoms with Crippen LogP contribution >= 0.6 is 0 Å². The summed E-state index contributed by atoms with van der Waals surface area (Å²) in [4.78, 5) is 12.4. The Labute approximate surface area is 186 Å². The molecule has 168 valence electrons. The van der Waals surface area contributed by atoms with Crippen molar-refractivity contribution in [1.82, 2.24) is 0 Å². The molecule has 32 heavy (non-hydrogen) atoms. The normalized spacial score (nSPS) is 11.4. The molecule has 0 aliphatic carbocycles. The lowest BCUT2D eigenvalue weighted by atomic mass is 10.2. The van der Waals surface area contributed by atoms with Crippen molar-refractivity contribution >= 4 is 37.6 Å². The van der Waals surface area contributed by atoms with E-state index in [0.717, 1.165) is 6.26 Å². The van der Waals surface area contributed by atoms with Gasteiger partial charge in [-0.2, -0.15) is 16.8 Å². The van der Waals surface area contributed by atoms with E-state index in [1.165, 1.54) is 36.4 Å². The largest absolute Gasteiger partial charge is 0.383 e. The second-order valence-corrected chi connectivity index (χ2v) is 9.81. The van der Waals surface area contributed by atoms with Crippen LogP contribution in [0.1, 0.15) is 5.56 Å². The quantitative estimate of drug-likeness (QED) is 0.476. The molecule has 9 nitrogen and oxygen atoms in total. The first-order chi connectivity index (χ1) is 15.1. The highest BCUT2D eigenvalue weighted by Gasteiger charge is 2.17. The molecule has 0 unspecified atom stereocenters. The van der Waals surface area contributed by atoms with Crippen LogP contribution in [0.25, 0.3) is 0 Å². The minimum Gasteiger partial charge on any atom is -0.383 e. The summed E-state index contributed by atoms with van der Waals surface area (Å²) < 4.78 is 57.4. The zero-order valence-corrected chi connectivity index (χ0v) is 18.5. The molecule has 2 N–H and O–H groups in total. The van der Waals surface area contributed by atoms with Crippen LogP contribution in [0.3, 0.4) is 0 Å². The Kier molecular flexibility index (Phi) is 7.01. The van der Waals surface area contributed by atoms with E-state index < -0.39 is 26.3 Å². The van der Waals surface area contributed by atoms with Crippen molar-refractivity contribution < 1.29 is 30.0 Å². The third-order valence-electron chi connectivity index (χ3n) is 3.88. The number of carbonyl (C=O) groups is 1. The fraction of sp³-hybridized carbons (Fsp3) is 0.0952. The molecule has 0 aliphatic heterocycles. The van der Waals surface area contributed by atoms with Gasteiger partial charge in [0.25, 0.3) is 0 Å². The van der Waals surface area contributed by atoms with Gasteiger partial charge in [-0.1, -0.05) is 48.5 Å². The molecule has 3 aromatic carbocycles. The van der Waals surface area contributed by atoms with E-state index in [9.17, 15) is 21.6 Å². The van der Waals surface area contributed by atoms with E-state index in [1.54, 1.807) is 42.5 Å². The zero-order valence-electron chi connectivity index (χ0n) is 16.9. The molecule has 0 aliphatic rings. The Morgan fingerprint density at radius 3 is 2.22 bits per heavy atom. The lowest BCUT2D eigenvalue weighted by Crippen LogP contribution is -2.21. The Bertz CT molecular complexity index is 1310. The number of anilines is 2. The second kappa shape index (κ2) is 9.71. The summed E-state index contributed by atoms with van der Waals surface area (Å²) in [6, 6.07) is 19.7. The van der Waals surface area contributed by atoms with Crippen LogP contribution in [0.2, 0.25) is 0 Å². The van der Waals surface area contributed by atoms with Crippen molar-refractivity contribution in [2.75, 3.05) is 16.9 Å². The van der Waals surface area contributed by atoms with E-state index in [1.807, 2.05) is 0 Å². The average molecular weight is 477 g/mol. The molecule has 0 spiro atoms. The molecule has 11 heteroatoms. The van der Waals surface area contributed by atoms with E-state index in [0.29, 0.717) is 5.56 Å². The number of benzene rings is 3. The fourth-order valence-corrected chi connectivity index (χ4v) is 4.20. The molecule has 3 rings (SSSR count). The molecule has 0 atom stereocenters. The molecular formula is C21H20N2O7S2. The van der Waals surface area contributed by atoms with Crippen molar-refractivity contribution in [3.8, 4) is 11.5 Å². The molecular weight excluding hydrogens is 456 g/mol. The highest BCUT2D eigenvalue weighted by molar-refractivity contribution is 7.86. The highest BCUT2D eigenvalue weighted by atomic mass is 32.2. The lowest BCUT2D eigenvalue weighted by molar-refractivity contribution is 0.262. The van der Waals surface area contributed by atoms with Crippen molar-refractivity contribution in [3.63, 3.8) is 0 Å². The molecule has 0 saturated heterocycles. The fourth-order valence-electron chi connectivity index (χ4n) is 2.67. The number of nitrogens with one attached hydrogen (secondary N) is 2. The maximum absolute atomic E-state index is 12.4. The highest BCUT2D eigenvalue weighted by Crippen LogP contribution is 2.27. The van der Waals surface area contributed by atoms with Gasteiger partial charge in [-0.25, -0.2) is 4.79 Å². The van der Waals surface area contributed by atoms with Crippen molar-refractivity contribution in [1.29, 1.82) is 0 Å². The first-order valence-corrected chi connectivity index (χ1v) is 12.6. The van der Waals surface area contributed by atoms with Gasteiger partial charge in [-0.15, -0.1) is 0 Å². The maximum atomic E-state index is 12.4. The van der Waals surface area contributed by atoms with Crippen molar-refractivity contribution in [2.45, 2.75) is 5.75 Å². The molecule has 0 fully saturated rings. The number of hydrogen-bond donors (Lipinski definition) is 2. The number of carbonyl (C=O) groups excluding carboxylic acids is 1. The Balaban J connectivity index is 1.70. The summed E-state index contributed by atoms with van der Waals surface area (Å²) in [5, 5.41) is 5.03. The summed E-state index contributed by atoms with van der Waals surface area (Å²) in [7, 11) is -7.69. The second-order valence-electron chi connectivity index (χ2n) is 6.66. The van der Waals surface area contributed by atoms with Gasteiger partial charge >= 0.3 is 26.3 Å². The Hall–Kier alpha value is -3.57. The van der Waals surface area contributed by atoms with E-state index in [4.69, 9.17) is 8.37 Å². The standard InChI is InChI=1S/C21H20N2O7S2/c1-31(25,26)29-18-11-7-10-17(14-18)22-21(24)23-19-12-5-6-13-20(19)30-32(27,28)15-16-8-3-2-4-9-16/h2-14H,15H2,1H3,(H2,22,23,24). The molecule has 0 saturated carbocycles. The molecule has 2 amide bonds. The van der Waals surface area contributed by atoms with E-state index >= 15 is 0 Å². The summed E-state index contributed by atoms with van der Waals surface area (Å²) in [5.41, 5.74) is 0.954. The Morgan fingerprint density at radius 2 is 1.50 bits per heavy atom. The van der Waals surface area contributed by atoms with Gasteiger partial charge in [0.2, 0.25) is 0 Å². The average Bonchev–Trinajstić information content (AvgIpc) is 2.68. The van der Waals surface area contributed by atoms with Crippen LogP contribution in [-0.2, 0) is 26.0 Å². The smallest absolute Gasteiger partial charge is 0.323 e. The van der Waals surface area contributed by atoms with Gasteiger partial charge in [0.05, 0.1) is 11.9 Å². The summed E-state index contributed by atoms with van der Waals surface area (Å²) in [6.07, 6.45) is 0.905. The number of rotatable bonds is 8. The zero-order chi connectivity index (χ0) is 23.2. The Morgan fingerprint density at radius 1 is 0.812 bits per heavy atom. The first-order valence-electron chi connectivity index (χ1n) is 9.22.